The third-order valence-corrected chi connectivity index (χ3v) is 4.37. The largest absolute Gasteiger partial charge is 0.299 e. The van der Waals surface area contributed by atoms with Crippen molar-refractivity contribution in [3.05, 3.63) is 31.4 Å². The highest BCUT2D eigenvalue weighted by Gasteiger charge is 2.07. The average molecular weight is 304 g/mol. The van der Waals surface area contributed by atoms with E-state index in [0.717, 1.165) is 23.3 Å². The fraction of sp³-hybridized carbons (Fsp3) is 0.333. The summed E-state index contributed by atoms with van der Waals surface area (Å²) in [5, 5.41) is 9.07. The van der Waals surface area contributed by atoms with E-state index in [1.165, 1.54) is 4.88 Å². The van der Waals surface area contributed by atoms with Gasteiger partial charge in [-0.3, -0.25) is 9.67 Å². The van der Waals surface area contributed by atoms with Gasteiger partial charge in [0.05, 0.1) is 6.54 Å². The standard InChI is InChI=1S/C9H10BrN3S2/c1-2-8-11-12-9(14)13(8)5-7-6(10)3-4-15-7/h3-4H,2,5H2,1H3,(H,12,14). The van der Waals surface area contributed by atoms with Gasteiger partial charge in [-0.15, -0.1) is 11.3 Å². The summed E-state index contributed by atoms with van der Waals surface area (Å²) < 4.78 is 3.86. The molecule has 15 heavy (non-hydrogen) atoms. The second-order valence-corrected chi connectivity index (χ2v) is 5.32. The Morgan fingerprint density at radius 1 is 1.67 bits per heavy atom. The van der Waals surface area contributed by atoms with E-state index in [-0.39, 0.29) is 0 Å². The molecule has 0 aliphatic heterocycles. The molecule has 2 aromatic heterocycles. The molecule has 0 saturated heterocycles. The van der Waals surface area contributed by atoms with Crippen molar-refractivity contribution in [3.63, 3.8) is 0 Å². The van der Waals surface area contributed by atoms with Crippen molar-refractivity contribution in [2.75, 3.05) is 0 Å². The maximum Gasteiger partial charge on any atom is 0.195 e. The molecule has 3 nitrogen and oxygen atoms in total. The molecule has 0 fully saturated rings. The third-order valence-electron chi connectivity index (χ3n) is 2.15. The predicted molar refractivity (Wildman–Crippen MR) is 67.9 cm³/mol. The second kappa shape index (κ2) is 4.59. The Hall–Kier alpha value is -0.460. The summed E-state index contributed by atoms with van der Waals surface area (Å²) in [6, 6.07) is 2.05. The number of H-pyrrole nitrogens is 1. The predicted octanol–water partition coefficient (Wildman–Crippen LogP) is 3.38. The Kier molecular flexibility index (Phi) is 3.38. The minimum atomic E-state index is 0.687. The zero-order valence-electron chi connectivity index (χ0n) is 8.16. The van der Waals surface area contributed by atoms with E-state index in [0.29, 0.717) is 4.77 Å². The van der Waals surface area contributed by atoms with E-state index in [1.807, 2.05) is 4.57 Å². The van der Waals surface area contributed by atoms with Crippen LogP contribution in [0.4, 0.5) is 0 Å². The molecule has 0 saturated carbocycles. The molecule has 0 radical (unpaired) electrons. The van der Waals surface area contributed by atoms with Gasteiger partial charge in [0.2, 0.25) is 0 Å². The first-order valence-corrected chi connectivity index (χ1v) is 6.66. The molecule has 1 N–H and O–H groups in total. The van der Waals surface area contributed by atoms with Gasteiger partial charge in [0, 0.05) is 15.8 Å². The maximum atomic E-state index is 5.19. The van der Waals surface area contributed by atoms with E-state index in [9.17, 15) is 0 Å². The highest BCUT2D eigenvalue weighted by Crippen LogP contribution is 2.23. The first kappa shape index (κ1) is 11.0. The Labute approximate surface area is 105 Å². The van der Waals surface area contributed by atoms with E-state index in [2.05, 4.69) is 44.5 Å². The van der Waals surface area contributed by atoms with Crippen LogP contribution in [0.1, 0.15) is 17.6 Å². The van der Waals surface area contributed by atoms with Gasteiger partial charge >= 0.3 is 0 Å². The summed E-state index contributed by atoms with van der Waals surface area (Å²) in [6.45, 7) is 2.86. The maximum absolute atomic E-state index is 5.19. The molecule has 2 heterocycles. The average Bonchev–Trinajstić information content (AvgIpc) is 2.77. The van der Waals surface area contributed by atoms with Crippen molar-refractivity contribution >= 4 is 39.5 Å². The Morgan fingerprint density at radius 2 is 2.47 bits per heavy atom. The summed E-state index contributed by atoms with van der Waals surface area (Å²) >= 11 is 10.4. The summed E-state index contributed by atoms with van der Waals surface area (Å²) in [7, 11) is 0. The lowest BCUT2D eigenvalue weighted by atomic mass is 10.4. The monoisotopic (exact) mass is 303 g/mol. The van der Waals surface area contributed by atoms with E-state index >= 15 is 0 Å². The molecule has 2 rings (SSSR count). The molecular weight excluding hydrogens is 294 g/mol. The number of nitrogens with zero attached hydrogens (tertiary/aromatic N) is 2. The van der Waals surface area contributed by atoms with E-state index in [1.54, 1.807) is 11.3 Å². The lowest BCUT2D eigenvalue weighted by molar-refractivity contribution is 0.731. The molecule has 6 heteroatoms. The SMILES string of the molecule is CCc1n[nH]c(=S)n1Cc1sccc1Br. The first-order chi connectivity index (χ1) is 7.22. The van der Waals surface area contributed by atoms with Gasteiger partial charge in [0.25, 0.3) is 0 Å². The topological polar surface area (TPSA) is 33.6 Å². The van der Waals surface area contributed by atoms with Crippen LogP contribution in [0.5, 0.6) is 0 Å². The van der Waals surface area contributed by atoms with Crippen LogP contribution in [-0.2, 0) is 13.0 Å². The molecule has 0 atom stereocenters. The number of aryl methyl sites for hydroxylation is 1. The lowest BCUT2D eigenvalue weighted by Gasteiger charge is -2.03. The molecule has 0 bridgehead atoms. The number of hydrogen-bond acceptors (Lipinski definition) is 3. The van der Waals surface area contributed by atoms with Gasteiger partial charge < -0.3 is 0 Å². The Balaban J connectivity index is 2.35. The van der Waals surface area contributed by atoms with Gasteiger partial charge in [-0.25, -0.2) is 0 Å². The van der Waals surface area contributed by atoms with E-state index < -0.39 is 0 Å². The molecule has 0 aromatic carbocycles. The van der Waals surface area contributed by atoms with Crippen molar-refractivity contribution in [1.82, 2.24) is 14.8 Å². The quantitative estimate of drug-likeness (QED) is 0.882. The third kappa shape index (κ3) is 2.21. The summed E-state index contributed by atoms with van der Waals surface area (Å²) in [5.41, 5.74) is 0. The molecule has 0 unspecified atom stereocenters. The van der Waals surface area contributed by atoms with Crippen molar-refractivity contribution in [2.24, 2.45) is 0 Å². The molecule has 0 aliphatic rings. The molecule has 0 aliphatic carbocycles. The second-order valence-electron chi connectivity index (χ2n) is 3.08. The van der Waals surface area contributed by atoms with Gasteiger partial charge in [-0.05, 0) is 39.6 Å². The molecular formula is C9H10BrN3S2. The highest BCUT2D eigenvalue weighted by molar-refractivity contribution is 9.10. The number of aromatic amines is 1. The van der Waals surface area contributed by atoms with Crippen molar-refractivity contribution in [1.29, 1.82) is 0 Å². The van der Waals surface area contributed by atoms with Crippen LogP contribution in [0.15, 0.2) is 15.9 Å². The van der Waals surface area contributed by atoms with Gasteiger partial charge in [0.15, 0.2) is 4.77 Å². The Bertz CT molecular complexity index is 511. The highest BCUT2D eigenvalue weighted by atomic mass is 79.9. The van der Waals surface area contributed by atoms with Crippen molar-refractivity contribution in [3.8, 4) is 0 Å². The zero-order valence-corrected chi connectivity index (χ0v) is 11.4. The van der Waals surface area contributed by atoms with Crippen LogP contribution in [0.25, 0.3) is 0 Å². The van der Waals surface area contributed by atoms with Crippen molar-refractivity contribution < 1.29 is 0 Å². The smallest absolute Gasteiger partial charge is 0.195 e. The summed E-state index contributed by atoms with van der Waals surface area (Å²) in [4.78, 5) is 1.27. The van der Waals surface area contributed by atoms with E-state index in [4.69, 9.17) is 12.2 Å². The lowest BCUT2D eigenvalue weighted by Crippen LogP contribution is -2.03. The minimum absolute atomic E-state index is 0.687. The number of thiophene rings is 1. The Morgan fingerprint density at radius 3 is 3.07 bits per heavy atom. The van der Waals surface area contributed by atoms with Crippen LogP contribution in [0.3, 0.4) is 0 Å². The molecule has 80 valence electrons. The molecule has 2 aromatic rings. The summed E-state index contributed by atoms with van der Waals surface area (Å²) in [6.07, 6.45) is 0.885. The van der Waals surface area contributed by atoms with Gasteiger partial charge in [0.1, 0.15) is 5.82 Å². The van der Waals surface area contributed by atoms with Gasteiger partial charge in [-0.2, -0.15) is 5.10 Å². The molecule has 0 amide bonds. The normalized spacial score (nSPS) is 10.8. The van der Waals surface area contributed by atoms with Crippen LogP contribution in [-0.4, -0.2) is 14.8 Å². The number of halogens is 1. The summed E-state index contributed by atoms with van der Waals surface area (Å²) in [5.74, 6) is 1.00. The first-order valence-electron chi connectivity index (χ1n) is 4.58. The van der Waals surface area contributed by atoms with Crippen molar-refractivity contribution in [2.45, 2.75) is 19.9 Å². The van der Waals surface area contributed by atoms with Gasteiger partial charge in [-0.1, -0.05) is 6.92 Å². The van der Waals surface area contributed by atoms with Crippen LogP contribution in [0, 0.1) is 4.77 Å². The number of rotatable bonds is 3. The fourth-order valence-corrected chi connectivity index (χ4v) is 3.05. The zero-order chi connectivity index (χ0) is 10.8. The minimum Gasteiger partial charge on any atom is -0.299 e. The fourth-order valence-electron chi connectivity index (χ4n) is 1.36. The van der Waals surface area contributed by atoms with Crippen LogP contribution in [0.2, 0.25) is 0 Å². The van der Waals surface area contributed by atoms with Crippen LogP contribution >= 0.6 is 39.5 Å². The van der Waals surface area contributed by atoms with Crippen LogP contribution < -0.4 is 0 Å². The number of aromatic nitrogens is 3. The number of hydrogen-bond donors (Lipinski definition) is 1. The number of nitrogens with one attached hydrogen (secondary N) is 1. The molecule has 0 spiro atoms.